The molecule has 5 rings (SSSR count). The van der Waals surface area contributed by atoms with Crippen LogP contribution in [0.4, 0.5) is 0 Å². The summed E-state index contributed by atoms with van der Waals surface area (Å²) in [5.74, 6) is 0.404. The van der Waals surface area contributed by atoms with Gasteiger partial charge in [0.05, 0.1) is 28.2 Å². The van der Waals surface area contributed by atoms with Gasteiger partial charge in [-0.3, -0.25) is 4.79 Å². The van der Waals surface area contributed by atoms with Crippen LogP contribution in [-0.2, 0) is 9.53 Å². The van der Waals surface area contributed by atoms with Crippen molar-refractivity contribution in [3.63, 3.8) is 0 Å². The molecule has 8 nitrogen and oxygen atoms in total. The zero-order chi connectivity index (χ0) is 25.9. The molecule has 0 radical (unpaired) electrons. The van der Waals surface area contributed by atoms with Crippen molar-refractivity contribution >= 4 is 61.6 Å². The number of halogens is 2. The van der Waals surface area contributed by atoms with Gasteiger partial charge in [0.2, 0.25) is 5.82 Å². The molecule has 0 saturated carbocycles. The Morgan fingerprint density at radius 3 is 2.76 bits per heavy atom. The Hall–Kier alpha value is -3.95. The van der Waals surface area contributed by atoms with Crippen LogP contribution in [0.15, 0.2) is 85.5 Å². The first-order valence-electron chi connectivity index (χ1n) is 11.3. The molecular weight excluding hydrogens is 562 g/mol. The second-order valence-corrected chi connectivity index (χ2v) is 9.15. The number of nitrogens with zero attached hydrogens (tertiary/aromatic N) is 3. The highest BCUT2D eigenvalue weighted by Gasteiger charge is 2.17. The summed E-state index contributed by atoms with van der Waals surface area (Å²) in [6, 6.07) is 19.6. The van der Waals surface area contributed by atoms with Crippen molar-refractivity contribution in [1.29, 1.82) is 0 Å². The third-order valence-electron chi connectivity index (χ3n) is 5.39. The number of carbonyl (C=O) groups is 1. The maximum Gasteiger partial charge on any atom is 0.344 e. The Morgan fingerprint density at radius 1 is 1.16 bits per heavy atom. The number of benzene rings is 3. The fourth-order valence-electron chi connectivity index (χ4n) is 3.76. The molecule has 3 aromatic carbocycles. The molecule has 10 heteroatoms. The van der Waals surface area contributed by atoms with E-state index >= 15 is 0 Å². The minimum Gasteiger partial charge on any atom is -0.480 e. The maximum absolute atomic E-state index is 13.5. The summed E-state index contributed by atoms with van der Waals surface area (Å²) in [6.07, 6.45) is 1.42. The van der Waals surface area contributed by atoms with Crippen molar-refractivity contribution < 1.29 is 18.7 Å². The molecule has 0 spiro atoms. The fraction of sp³-hybridized carbons (Fsp3) is 0.111. The van der Waals surface area contributed by atoms with Crippen LogP contribution < -0.4 is 10.3 Å². The molecule has 5 aromatic rings. The van der Waals surface area contributed by atoms with Crippen molar-refractivity contribution in [2.24, 2.45) is 5.10 Å². The molecule has 0 bridgehead atoms. The van der Waals surface area contributed by atoms with Crippen molar-refractivity contribution in [2.45, 2.75) is 6.92 Å². The highest BCUT2D eigenvalue weighted by atomic mass is 79.9. The molecule has 0 amide bonds. The number of carbonyl (C=O) groups excluding carboxylic acids is 1. The molecule has 0 fully saturated rings. The fourth-order valence-corrected chi connectivity index (χ4v) is 4.71. The normalized spacial score (nSPS) is 11.4. The average molecular weight is 581 g/mol. The van der Waals surface area contributed by atoms with E-state index in [0.29, 0.717) is 43.1 Å². The Balaban J connectivity index is 1.64. The first kappa shape index (κ1) is 24.7. The van der Waals surface area contributed by atoms with Gasteiger partial charge in [0.25, 0.3) is 5.56 Å². The lowest BCUT2D eigenvalue weighted by Crippen LogP contribution is -2.20. The number of rotatable bonds is 7. The number of aromatic nitrogens is 2. The smallest absolute Gasteiger partial charge is 0.344 e. The van der Waals surface area contributed by atoms with Crippen molar-refractivity contribution in [1.82, 2.24) is 9.66 Å². The van der Waals surface area contributed by atoms with Gasteiger partial charge in [-0.1, -0.05) is 41.9 Å². The molecule has 0 aliphatic rings. The van der Waals surface area contributed by atoms with Crippen LogP contribution in [0.2, 0.25) is 5.02 Å². The summed E-state index contributed by atoms with van der Waals surface area (Å²) in [5.41, 5.74) is 1.22. The van der Waals surface area contributed by atoms with E-state index in [1.54, 1.807) is 43.3 Å². The van der Waals surface area contributed by atoms with E-state index in [-0.39, 0.29) is 24.6 Å². The number of para-hydroxylation sites is 2. The van der Waals surface area contributed by atoms with E-state index in [1.165, 1.54) is 10.9 Å². The van der Waals surface area contributed by atoms with E-state index < -0.39 is 5.97 Å². The van der Waals surface area contributed by atoms with Gasteiger partial charge in [-0.05, 0) is 59.3 Å². The highest BCUT2D eigenvalue weighted by molar-refractivity contribution is 9.10. The summed E-state index contributed by atoms with van der Waals surface area (Å²) in [7, 11) is 0. The van der Waals surface area contributed by atoms with Crippen molar-refractivity contribution in [3.05, 3.63) is 92.1 Å². The minimum absolute atomic E-state index is 0.228. The standard InChI is InChI=1S/C27H19BrClN3O5/c1-2-35-24(33)15-36-25-17(11-18(29)13-20(25)28)14-30-32-26(23-12-16-7-3-6-10-22(16)37-23)31-21-9-5-4-8-19(21)27(32)34/h3-14H,2,15H2,1H3. The lowest BCUT2D eigenvalue weighted by Gasteiger charge is -2.12. The molecule has 0 N–H and O–H groups in total. The second kappa shape index (κ2) is 10.6. The predicted molar refractivity (Wildman–Crippen MR) is 145 cm³/mol. The third-order valence-corrected chi connectivity index (χ3v) is 6.20. The van der Waals surface area contributed by atoms with Gasteiger partial charge in [-0.25, -0.2) is 9.78 Å². The first-order chi connectivity index (χ1) is 17.9. The van der Waals surface area contributed by atoms with E-state index in [2.05, 4.69) is 26.0 Å². The summed E-state index contributed by atoms with van der Waals surface area (Å²) in [5, 5.41) is 6.12. The van der Waals surface area contributed by atoms with Gasteiger partial charge in [0.15, 0.2) is 12.4 Å². The van der Waals surface area contributed by atoms with Gasteiger partial charge in [0.1, 0.15) is 11.3 Å². The van der Waals surface area contributed by atoms with Gasteiger partial charge in [0, 0.05) is 16.0 Å². The molecule has 2 heterocycles. The van der Waals surface area contributed by atoms with Gasteiger partial charge < -0.3 is 13.9 Å². The average Bonchev–Trinajstić information content (AvgIpc) is 3.32. The minimum atomic E-state index is -0.519. The summed E-state index contributed by atoms with van der Waals surface area (Å²) < 4.78 is 18.3. The number of esters is 1. The SMILES string of the molecule is CCOC(=O)COc1c(Br)cc(Cl)cc1C=Nn1c(-c2cc3ccccc3o2)nc2ccccc2c1=O. The summed E-state index contributed by atoms with van der Waals surface area (Å²) in [4.78, 5) is 30.0. The van der Waals surface area contributed by atoms with Crippen LogP contribution in [0.5, 0.6) is 5.75 Å². The van der Waals surface area contributed by atoms with E-state index in [4.69, 9.17) is 25.5 Å². The van der Waals surface area contributed by atoms with Gasteiger partial charge in [-0.2, -0.15) is 9.78 Å². The first-order valence-corrected chi connectivity index (χ1v) is 12.4. The summed E-state index contributed by atoms with van der Waals surface area (Å²) in [6.45, 7) is 1.64. The molecule has 0 aliphatic heterocycles. The van der Waals surface area contributed by atoms with E-state index in [9.17, 15) is 9.59 Å². The number of fused-ring (bicyclic) bond motifs is 2. The molecule has 0 saturated heterocycles. The number of ether oxygens (including phenoxy) is 2. The van der Waals surface area contributed by atoms with Gasteiger partial charge >= 0.3 is 5.97 Å². The second-order valence-electron chi connectivity index (χ2n) is 7.86. The van der Waals surface area contributed by atoms with Crippen LogP contribution in [-0.4, -0.2) is 35.1 Å². The summed E-state index contributed by atoms with van der Waals surface area (Å²) >= 11 is 9.68. The highest BCUT2D eigenvalue weighted by Crippen LogP contribution is 2.32. The molecule has 186 valence electrons. The zero-order valence-corrected chi connectivity index (χ0v) is 21.8. The van der Waals surface area contributed by atoms with Crippen LogP contribution >= 0.6 is 27.5 Å². The quantitative estimate of drug-likeness (QED) is 0.172. The maximum atomic E-state index is 13.5. The van der Waals surface area contributed by atoms with Crippen LogP contribution in [0, 0.1) is 0 Å². The van der Waals surface area contributed by atoms with Crippen LogP contribution in [0.25, 0.3) is 33.5 Å². The molecule has 0 atom stereocenters. The van der Waals surface area contributed by atoms with Crippen molar-refractivity contribution in [2.75, 3.05) is 13.2 Å². The van der Waals surface area contributed by atoms with E-state index in [0.717, 1.165) is 5.39 Å². The third kappa shape index (κ3) is 5.14. The lowest BCUT2D eigenvalue weighted by molar-refractivity contribution is -0.145. The Bertz CT molecular complexity index is 1690. The predicted octanol–water partition coefficient (Wildman–Crippen LogP) is 6.05. The molecule has 0 aliphatic carbocycles. The zero-order valence-electron chi connectivity index (χ0n) is 19.5. The number of hydrogen-bond donors (Lipinski definition) is 0. The Morgan fingerprint density at radius 2 is 1.95 bits per heavy atom. The number of furan rings is 1. The molecule has 0 unspecified atom stereocenters. The Labute approximate surface area is 224 Å². The largest absolute Gasteiger partial charge is 0.480 e. The van der Waals surface area contributed by atoms with E-state index in [1.807, 2.05) is 30.3 Å². The Kier molecular flexibility index (Phi) is 7.07. The monoisotopic (exact) mass is 579 g/mol. The molecular formula is C27H19BrClN3O5. The van der Waals surface area contributed by atoms with Crippen molar-refractivity contribution in [3.8, 4) is 17.3 Å². The van der Waals surface area contributed by atoms with Crippen LogP contribution in [0.3, 0.4) is 0 Å². The lowest BCUT2D eigenvalue weighted by atomic mass is 10.2. The van der Waals surface area contributed by atoms with Crippen LogP contribution in [0.1, 0.15) is 12.5 Å². The molecule has 37 heavy (non-hydrogen) atoms. The topological polar surface area (TPSA) is 95.9 Å². The van der Waals surface area contributed by atoms with Gasteiger partial charge in [-0.15, -0.1) is 0 Å². The number of hydrogen-bond acceptors (Lipinski definition) is 7. The molecule has 2 aromatic heterocycles.